The number of benzene rings is 1. The highest BCUT2D eigenvalue weighted by molar-refractivity contribution is 8.00. The van der Waals surface area contributed by atoms with Gasteiger partial charge in [0.15, 0.2) is 11.0 Å². The van der Waals surface area contributed by atoms with Crippen molar-refractivity contribution in [2.75, 3.05) is 12.5 Å². The molecule has 0 aliphatic carbocycles. The van der Waals surface area contributed by atoms with E-state index >= 15 is 0 Å². The summed E-state index contributed by atoms with van der Waals surface area (Å²) in [5.41, 5.74) is 0.958. The van der Waals surface area contributed by atoms with Crippen LogP contribution in [0.15, 0.2) is 42.1 Å². The number of rotatable bonds is 7. The van der Waals surface area contributed by atoms with E-state index in [1.54, 1.807) is 18.9 Å². The molecule has 0 radical (unpaired) electrons. The monoisotopic (exact) mass is 333 g/mol. The SMILES string of the molecule is C=CCn1c(SC[Si](C)(C)C)nnc1-c1ccccc1OC. The Hall–Kier alpha value is -1.53. The van der Waals surface area contributed by atoms with Gasteiger partial charge in [-0.15, -0.1) is 16.8 Å². The first-order valence-corrected chi connectivity index (χ1v) is 12.0. The van der Waals surface area contributed by atoms with E-state index in [0.717, 1.165) is 27.7 Å². The van der Waals surface area contributed by atoms with Gasteiger partial charge in [-0.25, -0.2) is 0 Å². The van der Waals surface area contributed by atoms with Crippen molar-refractivity contribution in [3.05, 3.63) is 36.9 Å². The van der Waals surface area contributed by atoms with Crippen molar-refractivity contribution in [2.45, 2.75) is 31.3 Å². The van der Waals surface area contributed by atoms with Crippen molar-refractivity contribution < 1.29 is 4.74 Å². The fourth-order valence-corrected chi connectivity index (χ4v) is 4.66. The molecule has 118 valence electrons. The first-order valence-electron chi connectivity index (χ1n) is 7.26. The quantitative estimate of drug-likeness (QED) is 0.434. The summed E-state index contributed by atoms with van der Waals surface area (Å²) in [5, 5.41) is 10.8. The van der Waals surface area contributed by atoms with Gasteiger partial charge in [-0.05, 0) is 17.5 Å². The molecule has 22 heavy (non-hydrogen) atoms. The molecule has 0 aliphatic heterocycles. The van der Waals surface area contributed by atoms with Gasteiger partial charge in [0.25, 0.3) is 0 Å². The van der Waals surface area contributed by atoms with Gasteiger partial charge in [-0.3, -0.25) is 4.57 Å². The molecule has 2 rings (SSSR count). The Morgan fingerprint density at radius 1 is 1.27 bits per heavy atom. The number of thioether (sulfide) groups is 1. The Morgan fingerprint density at radius 2 is 2.00 bits per heavy atom. The first kappa shape index (κ1) is 16.8. The summed E-state index contributed by atoms with van der Waals surface area (Å²) >= 11 is 1.79. The number of aromatic nitrogens is 3. The highest BCUT2D eigenvalue weighted by atomic mass is 32.2. The van der Waals surface area contributed by atoms with Crippen molar-refractivity contribution in [1.29, 1.82) is 0 Å². The van der Waals surface area contributed by atoms with Crippen molar-refractivity contribution in [1.82, 2.24) is 14.8 Å². The van der Waals surface area contributed by atoms with E-state index in [9.17, 15) is 0 Å². The summed E-state index contributed by atoms with van der Waals surface area (Å²) < 4.78 is 7.56. The average Bonchev–Trinajstić information content (AvgIpc) is 2.87. The van der Waals surface area contributed by atoms with Crippen LogP contribution in [0.3, 0.4) is 0 Å². The van der Waals surface area contributed by atoms with Crippen LogP contribution in [0, 0.1) is 0 Å². The lowest BCUT2D eigenvalue weighted by Gasteiger charge is -2.15. The normalized spacial score (nSPS) is 11.5. The predicted octanol–water partition coefficient (Wildman–Crippen LogP) is 4.11. The fourth-order valence-electron chi connectivity index (χ4n) is 2.00. The minimum Gasteiger partial charge on any atom is -0.496 e. The molecule has 6 heteroatoms. The Bertz CT molecular complexity index is 649. The number of allylic oxidation sites excluding steroid dienone is 1. The minimum atomic E-state index is -1.14. The highest BCUT2D eigenvalue weighted by Gasteiger charge is 2.19. The second-order valence-corrected chi connectivity index (χ2v) is 13.2. The smallest absolute Gasteiger partial charge is 0.191 e. The van der Waals surface area contributed by atoms with Crippen LogP contribution in [-0.2, 0) is 6.54 Å². The van der Waals surface area contributed by atoms with Gasteiger partial charge in [0.2, 0.25) is 0 Å². The van der Waals surface area contributed by atoms with Gasteiger partial charge in [0.05, 0.1) is 20.7 Å². The molecule has 1 heterocycles. The highest BCUT2D eigenvalue weighted by Crippen LogP contribution is 2.31. The third-order valence-corrected chi connectivity index (χ3v) is 7.61. The summed E-state index contributed by atoms with van der Waals surface area (Å²) in [5.74, 6) is 1.64. The molecular formula is C16H23N3OSSi. The van der Waals surface area contributed by atoms with E-state index < -0.39 is 8.07 Å². The lowest BCUT2D eigenvalue weighted by Crippen LogP contribution is -2.24. The standard InChI is InChI=1S/C16H23N3OSSi/c1-6-11-19-15(13-9-7-8-10-14(13)20-2)17-18-16(19)21-12-22(3,4)5/h6-10H,1,11-12H2,2-5H3. The molecular weight excluding hydrogens is 310 g/mol. The molecule has 0 aliphatic rings. The Balaban J connectivity index is 2.40. The maximum absolute atomic E-state index is 5.45. The third-order valence-electron chi connectivity index (χ3n) is 3.01. The number of nitrogens with zero attached hydrogens (tertiary/aromatic N) is 3. The predicted molar refractivity (Wildman–Crippen MR) is 96.3 cm³/mol. The molecule has 0 saturated carbocycles. The van der Waals surface area contributed by atoms with Crippen molar-refractivity contribution >= 4 is 19.8 Å². The number of methoxy groups -OCH3 is 1. The molecule has 0 spiro atoms. The van der Waals surface area contributed by atoms with Crippen molar-refractivity contribution in [3.8, 4) is 17.1 Å². The molecule has 0 fully saturated rings. The lowest BCUT2D eigenvalue weighted by atomic mass is 10.2. The Kier molecular flexibility index (Phi) is 5.47. The molecule has 0 N–H and O–H groups in total. The van der Waals surface area contributed by atoms with E-state index in [1.165, 1.54) is 0 Å². The molecule has 4 nitrogen and oxygen atoms in total. The second kappa shape index (κ2) is 7.15. The van der Waals surface area contributed by atoms with E-state index in [2.05, 4.69) is 41.0 Å². The summed E-state index contributed by atoms with van der Waals surface area (Å²) in [7, 11) is 0.532. The average molecular weight is 334 g/mol. The van der Waals surface area contributed by atoms with Gasteiger partial charge in [0.1, 0.15) is 5.75 Å². The maximum Gasteiger partial charge on any atom is 0.191 e. The summed E-state index contributed by atoms with van der Waals surface area (Å²) in [6.07, 6.45) is 1.88. The van der Waals surface area contributed by atoms with Crippen LogP contribution < -0.4 is 4.74 Å². The van der Waals surface area contributed by atoms with E-state index in [1.807, 2.05) is 30.3 Å². The zero-order valence-corrected chi connectivity index (χ0v) is 15.5. The molecule has 0 bridgehead atoms. The van der Waals surface area contributed by atoms with Gasteiger partial charge in [0, 0.05) is 6.54 Å². The van der Waals surface area contributed by atoms with Crippen LogP contribution in [0.2, 0.25) is 19.6 Å². The van der Waals surface area contributed by atoms with Gasteiger partial charge in [-0.1, -0.05) is 49.6 Å². The van der Waals surface area contributed by atoms with E-state index in [4.69, 9.17) is 4.74 Å². The van der Waals surface area contributed by atoms with Crippen molar-refractivity contribution in [2.24, 2.45) is 0 Å². The second-order valence-electron chi connectivity index (χ2n) is 6.26. The molecule has 0 unspecified atom stereocenters. The molecule has 1 aromatic carbocycles. The minimum absolute atomic E-state index is 0.689. The first-order chi connectivity index (χ1) is 10.5. The number of para-hydroxylation sites is 1. The van der Waals surface area contributed by atoms with Crippen LogP contribution in [0.1, 0.15) is 0 Å². The van der Waals surface area contributed by atoms with E-state index in [0.29, 0.717) is 6.54 Å². The maximum atomic E-state index is 5.45. The summed E-state index contributed by atoms with van der Waals surface area (Å²) in [6, 6.07) is 7.89. The van der Waals surface area contributed by atoms with E-state index in [-0.39, 0.29) is 0 Å². The molecule has 2 aromatic rings. The fraction of sp³-hybridized carbons (Fsp3) is 0.375. The van der Waals surface area contributed by atoms with Crippen LogP contribution in [-0.4, -0.2) is 35.3 Å². The van der Waals surface area contributed by atoms with Crippen molar-refractivity contribution in [3.63, 3.8) is 0 Å². The number of hydrogen-bond acceptors (Lipinski definition) is 4. The zero-order chi connectivity index (χ0) is 16.2. The van der Waals surface area contributed by atoms with Crippen LogP contribution in [0.4, 0.5) is 0 Å². The molecule has 0 saturated heterocycles. The number of ether oxygens (including phenoxy) is 1. The third kappa shape index (κ3) is 4.01. The van der Waals surface area contributed by atoms with Gasteiger partial charge in [-0.2, -0.15) is 0 Å². The lowest BCUT2D eigenvalue weighted by molar-refractivity contribution is 0.416. The molecule has 1 aromatic heterocycles. The molecule has 0 amide bonds. The largest absolute Gasteiger partial charge is 0.496 e. The van der Waals surface area contributed by atoms with Gasteiger partial charge < -0.3 is 4.74 Å². The number of hydrogen-bond donors (Lipinski definition) is 0. The van der Waals surface area contributed by atoms with Crippen LogP contribution in [0.5, 0.6) is 5.75 Å². The molecule has 0 atom stereocenters. The van der Waals surface area contributed by atoms with Crippen LogP contribution >= 0.6 is 11.8 Å². The Morgan fingerprint density at radius 3 is 2.64 bits per heavy atom. The topological polar surface area (TPSA) is 39.9 Å². The summed E-state index contributed by atoms with van der Waals surface area (Å²) in [4.78, 5) is 0. The van der Waals surface area contributed by atoms with Crippen LogP contribution in [0.25, 0.3) is 11.4 Å². The Labute approximate surface area is 137 Å². The summed E-state index contributed by atoms with van der Waals surface area (Å²) in [6.45, 7) is 11.6. The van der Waals surface area contributed by atoms with Gasteiger partial charge >= 0.3 is 0 Å². The zero-order valence-electron chi connectivity index (χ0n) is 13.7.